The highest BCUT2D eigenvalue weighted by Crippen LogP contribution is 2.19. The van der Waals surface area contributed by atoms with Gasteiger partial charge in [0.1, 0.15) is 6.04 Å². The maximum Gasteiger partial charge on any atom is 0.239 e. The fraction of sp³-hybridized carbons (Fsp3) is 0.632. The number of nitrogens with one attached hydrogen (secondary N) is 1. The molecule has 1 aliphatic carbocycles. The maximum absolute atomic E-state index is 12.7. The van der Waals surface area contributed by atoms with Gasteiger partial charge < -0.3 is 10.1 Å². The second kappa shape index (κ2) is 7.93. The van der Waals surface area contributed by atoms with Gasteiger partial charge in [0.2, 0.25) is 5.91 Å². The van der Waals surface area contributed by atoms with Crippen LogP contribution in [0.25, 0.3) is 0 Å². The van der Waals surface area contributed by atoms with Crippen molar-refractivity contribution in [2.45, 2.75) is 57.7 Å². The number of ether oxygens (including phenoxy) is 1. The Labute approximate surface area is 139 Å². The van der Waals surface area contributed by atoms with E-state index in [9.17, 15) is 4.79 Å². The fourth-order valence-electron chi connectivity index (χ4n) is 3.54. The lowest BCUT2D eigenvalue weighted by atomic mass is 9.95. The van der Waals surface area contributed by atoms with Gasteiger partial charge in [0.05, 0.1) is 13.2 Å². The Morgan fingerprint density at radius 2 is 1.96 bits per heavy atom. The predicted molar refractivity (Wildman–Crippen MR) is 91.2 cm³/mol. The molecule has 1 saturated heterocycles. The topological polar surface area (TPSA) is 41.6 Å². The first kappa shape index (κ1) is 16.5. The molecular formula is C19H28N2O2. The van der Waals surface area contributed by atoms with Gasteiger partial charge in [-0.05, 0) is 25.3 Å². The van der Waals surface area contributed by atoms with Gasteiger partial charge in [-0.15, -0.1) is 0 Å². The van der Waals surface area contributed by atoms with E-state index in [0.29, 0.717) is 19.3 Å². The van der Waals surface area contributed by atoms with E-state index < -0.39 is 0 Å². The van der Waals surface area contributed by atoms with E-state index in [1.54, 1.807) is 0 Å². The van der Waals surface area contributed by atoms with Crippen LogP contribution in [0.3, 0.4) is 0 Å². The van der Waals surface area contributed by atoms with Crippen LogP contribution >= 0.6 is 0 Å². The largest absolute Gasteiger partial charge is 0.378 e. The van der Waals surface area contributed by atoms with Crippen LogP contribution in [0, 0.1) is 6.92 Å². The van der Waals surface area contributed by atoms with Crippen LogP contribution in [0.5, 0.6) is 0 Å². The van der Waals surface area contributed by atoms with Crippen molar-refractivity contribution in [3.05, 3.63) is 35.4 Å². The average molecular weight is 316 g/mol. The number of benzene rings is 1. The van der Waals surface area contributed by atoms with E-state index in [4.69, 9.17) is 4.74 Å². The van der Waals surface area contributed by atoms with E-state index in [-0.39, 0.29) is 11.9 Å². The van der Waals surface area contributed by atoms with Crippen molar-refractivity contribution in [1.82, 2.24) is 10.2 Å². The minimum absolute atomic E-state index is 0.142. The quantitative estimate of drug-likeness (QED) is 0.928. The minimum Gasteiger partial charge on any atom is -0.378 e. The summed E-state index contributed by atoms with van der Waals surface area (Å²) in [6.45, 7) is 4.94. The fourth-order valence-corrected chi connectivity index (χ4v) is 3.54. The SMILES string of the molecule is Cc1ccc(CN2CCOC[C@@H]2C(=O)NC2CCCCC2)cc1. The molecule has 0 unspecified atom stereocenters. The summed E-state index contributed by atoms with van der Waals surface area (Å²) in [5, 5.41) is 3.25. The molecule has 2 aliphatic rings. The molecule has 3 rings (SSSR count). The standard InChI is InChI=1S/C19H28N2O2/c1-15-7-9-16(10-8-15)13-21-11-12-23-14-18(21)19(22)20-17-5-3-2-4-6-17/h7-10,17-18H,2-6,11-14H2,1H3,(H,20,22)/t18-/m1/s1. The zero-order valence-corrected chi connectivity index (χ0v) is 14.1. The van der Waals surface area contributed by atoms with Gasteiger partial charge in [-0.25, -0.2) is 0 Å². The molecule has 1 heterocycles. The van der Waals surface area contributed by atoms with E-state index in [1.165, 1.54) is 30.4 Å². The molecule has 4 heteroatoms. The number of carbonyl (C=O) groups is 1. The van der Waals surface area contributed by atoms with E-state index in [0.717, 1.165) is 25.9 Å². The van der Waals surface area contributed by atoms with Crippen LogP contribution < -0.4 is 5.32 Å². The smallest absolute Gasteiger partial charge is 0.239 e. The zero-order valence-electron chi connectivity index (χ0n) is 14.1. The predicted octanol–water partition coefficient (Wildman–Crippen LogP) is 2.64. The molecule has 1 aliphatic heterocycles. The number of hydrogen-bond donors (Lipinski definition) is 1. The van der Waals surface area contributed by atoms with Gasteiger partial charge in [-0.3, -0.25) is 9.69 Å². The first-order chi connectivity index (χ1) is 11.2. The molecule has 4 nitrogen and oxygen atoms in total. The molecule has 1 amide bonds. The first-order valence-electron chi connectivity index (χ1n) is 8.90. The normalized spacial score (nSPS) is 23.6. The summed E-state index contributed by atoms with van der Waals surface area (Å²) >= 11 is 0. The van der Waals surface area contributed by atoms with Crippen molar-refractivity contribution < 1.29 is 9.53 Å². The lowest BCUT2D eigenvalue weighted by Crippen LogP contribution is -2.55. The van der Waals surface area contributed by atoms with E-state index in [1.807, 2.05) is 0 Å². The number of carbonyl (C=O) groups excluding carboxylic acids is 1. The van der Waals surface area contributed by atoms with Gasteiger partial charge in [0.25, 0.3) is 0 Å². The Bertz CT molecular complexity index is 509. The van der Waals surface area contributed by atoms with Gasteiger partial charge in [-0.2, -0.15) is 0 Å². The molecule has 23 heavy (non-hydrogen) atoms. The number of morpholine rings is 1. The second-order valence-electron chi connectivity index (χ2n) is 6.89. The van der Waals surface area contributed by atoms with Gasteiger partial charge in [-0.1, -0.05) is 49.1 Å². The Balaban J connectivity index is 1.60. The molecule has 1 atom stereocenters. The van der Waals surface area contributed by atoms with Gasteiger partial charge in [0.15, 0.2) is 0 Å². The van der Waals surface area contributed by atoms with E-state index in [2.05, 4.69) is 41.4 Å². The lowest BCUT2D eigenvalue weighted by Gasteiger charge is -2.36. The summed E-state index contributed by atoms with van der Waals surface area (Å²) in [5.41, 5.74) is 2.52. The van der Waals surface area contributed by atoms with E-state index >= 15 is 0 Å². The highest BCUT2D eigenvalue weighted by Gasteiger charge is 2.30. The van der Waals surface area contributed by atoms with Crippen LogP contribution in [0.4, 0.5) is 0 Å². The van der Waals surface area contributed by atoms with Crippen molar-refractivity contribution in [2.24, 2.45) is 0 Å². The summed E-state index contributed by atoms with van der Waals surface area (Å²) in [5.74, 6) is 0.142. The minimum atomic E-state index is -0.160. The maximum atomic E-state index is 12.7. The third-order valence-electron chi connectivity index (χ3n) is 5.00. The number of rotatable bonds is 4. The molecule has 0 spiro atoms. The molecule has 2 fully saturated rings. The highest BCUT2D eigenvalue weighted by atomic mass is 16.5. The number of amides is 1. The summed E-state index contributed by atoms with van der Waals surface area (Å²) < 4.78 is 5.58. The second-order valence-corrected chi connectivity index (χ2v) is 6.89. The Morgan fingerprint density at radius 1 is 1.22 bits per heavy atom. The molecule has 0 bridgehead atoms. The third kappa shape index (κ3) is 4.55. The first-order valence-corrected chi connectivity index (χ1v) is 8.90. The molecule has 0 aromatic heterocycles. The molecule has 1 N–H and O–H groups in total. The summed E-state index contributed by atoms with van der Waals surface area (Å²) in [4.78, 5) is 14.9. The molecule has 1 saturated carbocycles. The number of hydrogen-bond acceptors (Lipinski definition) is 3. The monoisotopic (exact) mass is 316 g/mol. The van der Waals surface area contributed by atoms with Crippen LogP contribution in [-0.4, -0.2) is 42.6 Å². The van der Waals surface area contributed by atoms with Crippen molar-refractivity contribution >= 4 is 5.91 Å². The van der Waals surface area contributed by atoms with Gasteiger partial charge >= 0.3 is 0 Å². The number of nitrogens with zero attached hydrogens (tertiary/aromatic N) is 1. The Morgan fingerprint density at radius 3 is 2.70 bits per heavy atom. The van der Waals surface area contributed by atoms with Crippen LogP contribution in [0.15, 0.2) is 24.3 Å². The van der Waals surface area contributed by atoms with Crippen LogP contribution in [0.1, 0.15) is 43.2 Å². The average Bonchev–Trinajstić information content (AvgIpc) is 2.58. The highest BCUT2D eigenvalue weighted by molar-refractivity contribution is 5.82. The molecular weight excluding hydrogens is 288 g/mol. The Kier molecular flexibility index (Phi) is 5.68. The lowest BCUT2D eigenvalue weighted by molar-refractivity contribution is -0.133. The van der Waals surface area contributed by atoms with Crippen molar-refractivity contribution in [2.75, 3.05) is 19.8 Å². The summed E-state index contributed by atoms with van der Waals surface area (Å²) in [6, 6.07) is 8.77. The van der Waals surface area contributed by atoms with Gasteiger partial charge in [0, 0.05) is 19.1 Å². The molecule has 1 aromatic carbocycles. The van der Waals surface area contributed by atoms with Crippen molar-refractivity contribution in [3.8, 4) is 0 Å². The third-order valence-corrected chi connectivity index (χ3v) is 5.00. The summed E-state index contributed by atoms with van der Waals surface area (Å²) in [7, 11) is 0. The molecule has 126 valence electrons. The van der Waals surface area contributed by atoms with Crippen LogP contribution in [0.2, 0.25) is 0 Å². The number of aryl methyl sites for hydroxylation is 1. The summed E-state index contributed by atoms with van der Waals surface area (Å²) in [6.07, 6.45) is 6.02. The zero-order chi connectivity index (χ0) is 16.1. The molecule has 1 aromatic rings. The van der Waals surface area contributed by atoms with Crippen molar-refractivity contribution in [3.63, 3.8) is 0 Å². The molecule has 0 radical (unpaired) electrons. The van der Waals surface area contributed by atoms with Crippen LogP contribution in [-0.2, 0) is 16.1 Å². The van der Waals surface area contributed by atoms with Crippen molar-refractivity contribution in [1.29, 1.82) is 0 Å². The Hall–Kier alpha value is -1.39.